The van der Waals surface area contributed by atoms with Crippen LogP contribution in [0.15, 0.2) is 6.07 Å². The van der Waals surface area contributed by atoms with Gasteiger partial charge < -0.3 is 4.98 Å². The third-order valence-electron chi connectivity index (χ3n) is 2.17. The molecule has 0 aliphatic carbocycles. The van der Waals surface area contributed by atoms with Gasteiger partial charge in [-0.2, -0.15) is 0 Å². The molecular weight excluding hydrogens is 186 g/mol. The molecule has 82 valence electrons. The molecule has 0 aromatic carbocycles. The van der Waals surface area contributed by atoms with Crippen molar-refractivity contribution in [2.75, 3.05) is 0 Å². The second-order valence-corrected chi connectivity index (χ2v) is 3.32. The van der Waals surface area contributed by atoms with Crippen LogP contribution < -0.4 is 0 Å². The van der Waals surface area contributed by atoms with Crippen molar-refractivity contribution in [3.63, 3.8) is 0 Å². The van der Waals surface area contributed by atoms with Gasteiger partial charge in [0, 0.05) is 12.1 Å². The summed E-state index contributed by atoms with van der Waals surface area (Å²) in [5.74, 6) is 1.01. The maximum absolute atomic E-state index is 4.39. The van der Waals surface area contributed by atoms with E-state index in [0.29, 0.717) is 0 Å². The summed E-state index contributed by atoms with van der Waals surface area (Å²) in [6.45, 7) is 10.2. The van der Waals surface area contributed by atoms with Crippen LogP contribution in [0, 0.1) is 13.8 Å². The highest BCUT2D eigenvalue weighted by Gasteiger charge is 2.05. The molecule has 0 radical (unpaired) electrons. The molecule has 0 aliphatic rings. The van der Waals surface area contributed by atoms with Gasteiger partial charge in [-0.15, -0.1) is 0 Å². The number of imidazole rings is 1. The van der Waals surface area contributed by atoms with E-state index < -0.39 is 0 Å². The molecule has 0 saturated carbocycles. The summed E-state index contributed by atoms with van der Waals surface area (Å²) in [6.07, 6.45) is 0.925. The molecule has 2 heterocycles. The van der Waals surface area contributed by atoms with Gasteiger partial charge in [0.25, 0.3) is 0 Å². The molecule has 2 aromatic rings. The van der Waals surface area contributed by atoms with E-state index in [1.807, 2.05) is 20.8 Å². The zero-order chi connectivity index (χ0) is 11.4. The lowest BCUT2D eigenvalue weighted by Crippen LogP contribution is -1.85. The Balaban J connectivity index is 0.000000531. The van der Waals surface area contributed by atoms with Gasteiger partial charge >= 0.3 is 0 Å². The highest BCUT2D eigenvalue weighted by molar-refractivity contribution is 5.74. The zero-order valence-electron chi connectivity index (χ0n) is 10.2. The van der Waals surface area contributed by atoms with Crippen molar-refractivity contribution in [1.82, 2.24) is 15.0 Å². The smallest absolute Gasteiger partial charge is 0.178 e. The van der Waals surface area contributed by atoms with Crippen molar-refractivity contribution in [3.05, 3.63) is 23.1 Å². The molecule has 0 bridgehead atoms. The summed E-state index contributed by atoms with van der Waals surface area (Å²) in [4.78, 5) is 12.0. The maximum atomic E-state index is 4.39. The van der Waals surface area contributed by atoms with E-state index in [9.17, 15) is 0 Å². The number of hydrogen-bond donors (Lipinski definition) is 1. The monoisotopic (exact) mass is 205 g/mol. The molecule has 0 saturated heterocycles. The second-order valence-electron chi connectivity index (χ2n) is 3.32. The molecule has 2 aromatic heterocycles. The van der Waals surface area contributed by atoms with E-state index in [1.54, 1.807) is 0 Å². The van der Waals surface area contributed by atoms with Crippen LogP contribution in [0.25, 0.3) is 11.2 Å². The zero-order valence-corrected chi connectivity index (χ0v) is 10.2. The van der Waals surface area contributed by atoms with Crippen molar-refractivity contribution < 1.29 is 0 Å². The topological polar surface area (TPSA) is 41.6 Å². The summed E-state index contributed by atoms with van der Waals surface area (Å²) < 4.78 is 0. The van der Waals surface area contributed by atoms with Gasteiger partial charge in [-0.05, 0) is 25.5 Å². The van der Waals surface area contributed by atoms with Crippen LogP contribution in [-0.2, 0) is 6.42 Å². The lowest BCUT2D eigenvalue weighted by molar-refractivity contribution is 0.996. The van der Waals surface area contributed by atoms with Gasteiger partial charge in [0.1, 0.15) is 5.82 Å². The van der Waals surface area contributed by atoms with Gasteiger partial charge in [-0.25, -0.2) is 9.97 Å². The third kappa shape index (κ3) is 2.35. The molecule has 3 nitrogen and oxygen atoms in total. The Labute approximate surface area is 91.0 Å². The van der Waals surface area contributed by atoms with Crippen molar-refractivity contribution >= 4 is 11.2 Å². The number of H-pyrrole nitrogens is 1. The van der Waals surface area contributed by atoms with Crippen LogP contribution in [0.3, 0.4) is 0 Å². The summed E-state index contributed by atoms with van der Waals surface area (Å²) in [6, 6.07) is 2.07. The Morgan fingerprint density at radius 1 is 1.20 bits per heavy atom. The largest absolute Gasteiger partial charge is 0.340 e. The molecule has 1 N–H and O–H groups in total. The first kappa shape index (κ1) is 11.7. The fourth-order valence-electron chi connectivity index (χ4n) is 1.52. The van der Waals surface area contributed by atoms with Crippen molar-refractivity contribution in [2.24, 2.45) is 0 Å². The minimum Gasteiger partial charge on any atom is -0.340 e. The number of fused-ring (bicyclic) bond motifs is 1. The molecule has 3 heteroatoms. The number of rotatable bonds is 1. The number of aromatic amines is 1. The van der Waals surface area contributed by atoms with Gasteiger partial charge in [0.15, 0.2) is 5.65 Å². The Morgan fingerprint density at radius 3 is 2.47 bits per heavy atom. The molecular formula is C12H19N3. The van der Waals surface area contributed by atoms with Crippen LogP contribution >= 0.6 is 0 Å². The first-order valence-electron chi connectivity index (χ1n) is 5.53. The SMILES string of the molecule is CC.CCc1nc2nc(C)cc(C)c2[nH]1. The summed E-state index contributed by atoms with van der Waals surface area (Å²) in [5.41, 5.74) is 4.16. The Kier molecular flexibility index (Phi) is 3.83. The van der Waals surface area contributed by atoms with E-state index in [2.05, 4.69) is 34.9 Å². The number of hydrogen-bond acceptors (Lipinski definition) is 2. The highest BCUT2D eigenvalue weighted by Crippen LogP contribution is 2.14. The number of pyridine rings is 1. The fraction of sp³-hybridized carbons (Fsp3) is 0.500. The van der Waals surface area contributed by atoms with E-state index in [0.717, 1.165) is 29.1 Å². The highest BCUT2D eigenvalue weighted by atomic mass is 15.0. The lowest BCUT2D eigenvalue weighted by atomic mass is 10.2. The quantitative estimate of drug-likeness (QED) is 0.777. The van der Waals surface area contributed by atoms with Gasteiger partial charge in [0.2, 0.25) is 0 Å². The predicted octanol–water partition coefficient (Wildman–Crippen LogP) is 3.16. The molecule has 0 spiro atoms. The maximum Gasteiger partial charge on any atom is 0.178 e. The van der Waals surface area contributed by atoms with Gasteiger partial charge in [-0.3, -0.25) is 0 Å². The first-order chi connectivity index (χ1) is 7.20. The average Bonchev–Trinajstić information content (AvgIpc) is 2.64. The standard InChI is InChI=1S/C10H13N3.C2H6/c1-4-8-12-9-6(2)5-7(3)11-10(9)13-8;1-2/h5H,4H2,1-3H3,(H,11,12,13);1-2H3. The summed E-state index contributed by atoms with van der Waals surface area (Å²) in [7, 11) is 0. The molecule has 0 unspecified atom stereocenters. The van der Waals surface area contributed by atoms with E-state index in [1.165, 1.54) is 5.56 Å². The van der Waals surface area contributed by atoms with Crippen LogP contribution in [0.4, 0.5) is 0 Å². The number of aryl methyl sites for hydroxylation is 3. The molecule has 2 rings (SSSR count). The van der Waals surface area contributed by atoms with Crippen molar-refractivity contribution in [1.29, 1.82) is 0 Å². The fourth-order valence-corrected chi connectivity index (χ4v) is 1.52. The summed E-state index contributed by atoms with van der Waals surface area (Å²) in [5, 5.41) is 0. The minimum atomic E-state index is 0.842. The third-order valence-corrected chi connectivity index (χ3v) is 2.17. The van der Waals surface area contributed by atoms with E-state index in [-0.39, 0.29) is 0 Å². The molecule has 0 fully saturated rings. The second kappa shape index (κ2) is 4.91. The minimum absolute atomic E-state index is 0.842. The Morgan fingerprint density at radius 2 is 1.87 bits per heavy atom. The molecule has 0 amide bonds. The van der Waals surface area contributed by atoms with Crippen LogP contribution in [-0.4, -0.2) is 15.0 Å². The van der Waals surface area contributed by atoms with Gasteiger partial charge in [-0.1, -0.05) is 20.8 Å². The van der Waals surface area contributed by atoms with Crippen LogP contribution in [0.5, 0.6) is 0 Å². The average molecular weight is 205 g/mol. The van der Waals surface area contributed by atoms with Crippen LogP contribution in [0.2, 0.25) is 0 Å². The summed E-state index contributed by atoms with van der Waals surface area (Å²) >= 11 is 0. The lowest BCUT2D eigenvalue weighted by Gasteiger charge is -1.95. The number of aromatic nitrogens is 3. The number of nitrogens with one attached hydrogen (secondary N) is 1. The van der Waals surface area contributed by atoms with E-state index >= 15 is 0 Å². The normalized spacial score (nSPS) is 9.93. The van der Waals surface area contributed by atoms with Gasteiger partial charge in [0.05, 0.1) is 5.52 Å². The van der Waals surface area contributed by atoms with Crippen molar-refractivity contribution in [2.45, 2.75) is 41.0 Å². The van der Waals surface area contributed by atoms with Crippen molar-refractivity contribution in [3.8, 4) is 0 Å². The molecule has 0 aliphatic heterocycles. The Hall–Kier alpha value is -1.38. The molecule has 15 heavy (non-hydrogen) atoms. The first-order valence-corrected chi connectivity index (χ1v) is 5.53. The molecule has 0 atom stereocenters. The number of nitrogens with zero attached hydrogens (tertiary/aromatic N) is 2. The predicted molar refractivity (Wildman–Crippen MR) is 64.1 cm³/mol. The van der Waals surface area contributed by atoms with Crippen LogP contribution in [0.1, 0.15) is 37.9 Å². The Bertz CT molecular complexity index is 443. The van der Waals surface area contributed by atoms with E-state index in [4.69, 9.17) is 0 Å².